The van der Waals surface area contributed by atoms with Crippen LogP contribution in [0.3, 0.4) is 0 Å². The molecule has 110 valence electrons. The number of aromatic nitrogens is 1. The molecule has 1 fully saturated rings. The predicted octanol–water partition coefficient (Wildman–Crippen LogP) is 1.39. The van der Waals surface area contributed by atoms with Crippen molar-refractivity contribution in [1.29, 1.82) is 0 Å². The van der Waals surface area contributed by atoms with E-state index in [1.807, 2.05) is 13.8 Å². The topological polar surface area (TPSA) is 72.6 Å². The number of carbonyl (C=O) groups is 2. The number of esters is 1. The molecule has 6 heteroatoms. The molecular formula is C14H20N2O4. The van der Waals surface area contributed by atoms with Gasteiger partial charge in [-0.25, -0.2) is 4.79 Å². The molecule has 1 unspecified atom stereocenters. The van der Waals surface area contributed by atoms with Gasteiger partial charge in [-0.1, -0.05) is 5.16 Å². The summed E-state index contributed by atoms with van der Waals surface area (Å²) in [5.41, 5.74) is 1.80. The lowest BCUT2D eigenvalue weighted by molar-refractivity contribution is -0.150. The fraction of sp³-hybridized carbons (Fsp3) is 0.643. The molecule has 1 aromatic heterocycles. The van der Waals surface area contributed by atoms with E-state index in [0.29, 0.717) is 25.8 Å². The minimum absolute atomic E-state index is 0.0158. The number of amides is 1. The number of aryl methyl sites for hydroxylation is 2. The van der Waals surface area contributed by atoms with E-state index in [9.17, 15) is 9.59 Å². The van der Waals surface area contributed by atoms with Crippen LogP contribution in [0.1, 0.15) is 36.3 Å². The van der Waals surface area contributed by atoms with Gasteiger partial charge >= 0.3 is 5.97 Å². The summed E-state index contributed by atoms with van der Waals surface area (Å²) in [6, 6.07) is -0.419. The Balaban J connectivity index is 1.96. The predicted molar refractivity (Wildman–Crippen MR) is 71.0 cm³/mol. The number of likely N-dealkylation sites (tertiary alicyclic amines) is 1. The Bertz CT molecular complexity index is 490. The van der Waals surface area contributed by atoms with Crippen LogP contribution in [0.25, 0.3) is 0 Å². The Morgan fingerprint density at radius 3 is 2.80 bits per heavy atom. The smallest absolute Gasteiger partial charge is 0.328 e. The Kier molecular flexibility index (Phi) is 4.42. The lowest BCUT2D eigenvalue weighted by atomic mass is 10.1. The summed E-state index contributed by atoms with van der Waals surface area (Å²) in [7, 11) is 1.35. The van der Waals surface area contributed by atoms with Crippen molar-refractivity contribution in [3.8, 4) is 0 Å². The molecule has 1 aliphatic rings. The van der Waals surface area contributed by atoms with Gasteiger partial charge in [-0.15, -0.1) is 0 Å². The van der Waals surface area contributed by atoms with Crippen molar-refractivity contribution in [3.05, 3.63) is 17.0 Å². The molecule has 20 heavy (non-hydrogen) atoms. The fourth-order valence-corrected chi connectivity index (χ4v) is 2.68. The largest absolute Gasteiger partial charge is 0.467 e. The molecule has 0 aromatic carbocycles. The number of rotatable bonds is 4. The van der Waals surface area contributed by atoms with Gasteiger partial charge in [0.25, 0.3) is 0 Å². The molecule has 2 rings (SSSR count). The minimum atomic E-state index is -0.419. The molecule has 0 radical (unpaired) electrons. The van der Waals surface area contributed by atoms with Gasteiger partial charge in [0.15, 0.2) is 0 Å². The maximum atomic E-state index is 12.3. The van der Waals surface area contributed by atoms with Crippen molar-refractivity contribution in [2.24, 2.45) is 0 Å². The quantitative estimate of drug-likeness (QED) is 0.779. The lowest BCUT2D eigenvalue weighted by Gasteiger charge is -2.22. The Morgan fingerprint density at radius 1 is 1.45 bits per heavy atom. The van der Waals surface area contributed by atoms with Crippen LogP contribution in [0.15, 0.2) is 4.52 Å². The molecule has 0 N–H and O–H groups in total. The summed E-state index contributed by atoms with van der Waals surface area (Å²) in [5, 5.41) is 3.87. The molecule has 2 heterocycles. The normalized spacial score (nSPS) is 18.4. The van der Waals surface area contributed by atoms with Crippen molar-refractivity contribution in [1.82, 2.24) is 10.1 Å². The van der Waals surface area contributed by atoms with E-state index < -0.39 is 6.04 Å². The number of nitrogens with zero attached hydrogens (tertiary/aromatic N) is 2. The van der Waals surface area contributed by atoms with Crippen molar-refractivity contribution in [2.75, 3.05) is 13.7 Å². The van der Waals surface area contributed by atoms with Gasteiger partial charge in [0.05, 0.1) is 12.8 Å². The summed E-state index contributed by atoms with van der Waals surface area (Å²) in [4.78, 5) is 25.5. The Labute approximate surface area is 118 Å². The Morgan fingerprint density at radius 2 is 2.20 bits per heavy atom. The second kappa shape index (κ2) is 6.07. The number of hydrogen-bond donors (Lipinski definition) is 0. The summed E-state index contributed by atoms with van der Waals surface area (Å²) in [6.45, 7) is 4.33. The van der Waals surface area contributed by atoms with Gasteiger partial charge in [-0.3, -0.25) is 4.79 Å². The zero-order valence-corrected chi connectivity index (χ0v) is 12.1. The van der Waals surface area contributed by atoms with Crippen molar-refractivity contribution < 1.29 is 18.8 Å². The van der Waals surface area contributed by atoms with Crippen LogP contribution in [-0.4, -0.2) is 41.6 Å². The van der Waals surface area contributed by atoms with Crippen molar-refractivity contribution in [2.45, 2.75) is 45.6 Å². The van der Waals surface area contributed by atoms with Crippen LogP contribution in [0.5, 0.6) is 0 Å². The third-order valence-corrected chi connectivity index (χ3v) is 3.82. The van der Waals surface area contributed by atoms with Crippen LogP contribution in [0, 0.1) is 13.8 Å². The van der Waals surface area contributed by atoms with Crippen LogP contribution < -0.4 is 0 Å². The van der Waals surface area contributed by atoms with E-state index in [4.69, 9.17) is 9.26 Å². The highest BCUT2D eigenvalue weighted by Gasteiger charge is 2.34. The van der Waals surface area contributed by atoms with E-state index in [0.717, 1.165) is 23.4 Å². The maximum absolute atomic E-state index is 12.3. The SMILES string of the molecule is COC(=O)C1CCCN1C(=O)CCc1c(C)noc1C. The first-order chi connectivity index (χ1) is 9.54. The molecule has 0 saturated carbocycles. The molecular weight excluding hydrogens is 260 g/mol. The molecule has 1 atom stereocenters. The summed E-state index contributed by atoms with van der Waals surface area (Å²) < 4.78 is 9.83. The Hall–Kier alpha value is -1.85. The average Bonchev–Trinajstić information content (AvgIpc) is 3.04. The van der Waals surface area contributed by atoms with Crippen LogP contribution in [-0.2, 0) is 20.7 Å². The lowest BCUT2D eigenvalue weighted by Crippen LogP contribution is -2.41. The van der Waals surface area contributed by atoms with Crippen molar-refractivity contribution >= 4 is 11.9 Å². The number of methoxy groups -OCH3 is 1. The van der Waals surface area contributed by atoms with Gasteiger partial charge < -0.3 is 14.2 Å². The molecule has 1 aliphatic heterocycles. The maximum Gasteiger partial charge on any atom is 0.328 e. The highest BCUT2D eigenvalue weighted by Crippen LogP contribution is 2.21. The van der Waals surface area contributed by atoms with Gasteiger partial charge in [0.2, 0.25) is 5.91 Å². The standard InChI is InChI=1S/C14H20N2O4/c1-9-11(10(2)20-15-9)6-7-13(17)16-8-4-5-12(16)14(18)19-3/h12H,4-8H2,1-3H3. The zero-order chi connectivity index (χ0) is 14.7. The first kappa shape index (κ1) is 14.6. The summed E-state index contributed by atoms with van der Waals surface area (Å²) in [6.07, 6.45) is 2.47. The van der Waals surface area contributed by atoms with E-state index in [1.54, 1.807) is 4.90 Å². The highest BCUT2D eigenvalue weighted by atomic mass is 16.5. The van der Waals surface area contributed by atoms with Gasteiger partial charge in [-0.2, -0.15) is 0 Å². The minimum Gasteiger partial charge on any atom is -0.467 e. The molecule has 1 amide bonds. The van der Waals surface area contributed by atoms with Gasteiger partial charge in [0.1, 0.15) is 11.8 Å². The van der Waals surface area contributed by atoms with E-state index in [2.05, 4.69) is 5.16 Å². The average molecular weight is 280 g/mol. The third kappa shape index (κ3) is 2.84. The van der Waals surface area contributed by atoms with Gasteiger partial charge in [0, 0.05) is 18.5 Å². The van der Waals surface area contributed by atoms with Crippen LogP contribution in [0.2, 0.25) is 0 Å². The highest BCUT2D eigenvalue weighted by molar-refractivity contribution is 5.85. The number of hydrogen-bond acceptors (Lipinski definition) is 5. The first-order valence-corrected chi connectivity index (χ1v) is 6.83. The molecule has 1 saturated heterocycles. The second-order valence-electron chi connectivity index (χ2n) is 5.07. The zero-order valence-electron chi connectivity index (χ0n) is 12.1. The molecule has 0 bridgehead atoms. The van der Waals surface area contributed by atoms with Crippen LogP contribution in [0.4, 0.5) is 0 Å². The molecule has 6 nitrogen and oxygen atoms in total. The third-order valence-electron chi connectivity index (χ3n) is 3.82. The fourth-order valence-electron chi connectivity index (χ4n) is 2.68. The second-order valence-corrected chi connectivity index (χ2v) is 5.07. The van der Waals surface area contributed by atoms with Crippen molar-refractivity contribution in [3.63, 3.8) is 0 Å². The van der Waals surface area contributed by atoms with Gasteiger partial charge in [-0.05, 0) is 33.1 Å². The molecule has 0 spiro atoms. The van der Waals surface area contributed by atoms with E-state index in [-0.39, 0.29) is 11.9 Å². The van der Waals surface area contributed by atoms with E-state index >= 15 is 0 Å². The number of ether oxygens (including phenoxy) is 1. The first-order valence-electron chi connectivity index (χ1n) is 6.83. The molecule has 0 aliphatic carbocycles. The van der Waals surface area contributed by atoms with E-state index in [1.165, 1.54) is 7.11 Å². The summed E-state index contributed by atoms with van der Waals surface area (Å²) in [5.74, 6) is 0.410. The summed E-state index contributed by atoms with van der Waals surface area (Å²) >= 11 is 0. The number of carbonyl (C=O) groups excluding carboxylic acids is 2. The monoisotopic (exact) mass is 280 g/mol. The van der Waals surface area contributed by atoms with Crippen LogP contribution >= 0.6 is 0 Å². The molecule has 1 aromatic rings.